The van der Waals surface area contributed by atoms with Gasteiger partial charge in [0.25, 0.3) is 5.56 Å². The molecule has 0 saturated carbocycles. The van der Waals surface area contributed by atoms with E-state index in [4.69, 9.17) is 17.3 Å². The maximum Gasteiger partial charge on any atom is 0.331 e. The molecule has 41 heavy (non-hydrogen) atoms. The highest BCUT2D eigenvalue weighted by atomic mass is 35.5. The van der Waals surface area contributed by atoms with Crippen LogP contribution < -0.4 is 21.9 Å². The largest absolute Gasteiger partial charge is 0.363 e. The molecule has 2 N–H and O–H groups in total. The smallest absolute Gasteiger partial charge is 0.331 e. The molecule has 0 bridgehead atoms. The van der Waals surface area contributed by atoms with Gasteiger partial charge in [-0.25, -0.2) is 13.6 Å². The molecule has 1 saturated heterocycles. The molecule has 2 heterocycles. The summed E-state index contributed by atoms with van der Waals surface area (Å²) < 4.78 is 31.7. The van der Waals surface area contributed by atoms with Gasteiger partial charge in [0.1, 0.15) is 17.3 Å². The minimum absolute atomic E-state index is 0.0781. The Hall–Kier alpha value is -3.79. The summed E-state index contributed by atoms with van der Waals surface area (Å²) in [4.78, 5) is 31.8. The summed E-state index contributed by atoms with van der Waals surface area (Å²) in [5, 5.41) is 0.683. The molecule has 0 amide bonds. The number of hydrogen-bond acceptors (Lipinski definition) is 5. The first-order chi connectivity index (χ1) is 19.7. The van der Waals surface area contributed by atoms with Gasteiger partial charge >= 0.3 is 5.69 Å². The molecule has 4 aromatic rings. The van der Waals surface area contributed by atoms with Crippen LogP contribution >= 0.6 is 11.6 Å². The SMILES string of the molecule is Cc1c(N2CCN(Cc3ccc(Cl)cc3)CC2)c(=O)n(CC(N)c2ccccc2)c(=O)n1Cc1c(F)cccc1F. The maximum atomic E-state index is 14.6. The molecule has 214 valence electrons. The quantitative estimate of drug-likeness (QED) is 0.336. The Labute approximate surface area is 242 Å². The Morgan fingerprint density at radius 3 is 2.10 bits per heavy atom. The van der Waals surface area contributed by atoms with Crippen molar-refractivity contribution >= 4 is 17.3 Å². The molecule has 0 radical (unpaired) electrons. The van der Waals surface area contributed by atoms with E-state index in [-0.39, 0.29) is 18.7 Å². The Kier molecular flexibility index (Phi) is 8.68. The molecule has 0 aliphatic carbocycles. The average molecular weight is 580 g/mol. The van der Waals surface area contributed by atoms with E-state index in [0.717, 1.165) is 34.4 Å². The van der Waals surface area contributed by atoms with Crippen LogP contribution in [0.2, 0.25) is 5.02 Å². The molecule has 1 aliphatic heterocycles. The number of benzene rings is 3. The summed E-state index contributed by atoms with van der Waals surface area (Å²) in [7, 11) is 0. The first kappa shape index (κ1) is 28.7. The van der Waals surface area contributed by atoms with Crippen LogP contribution in [0.3, 0.4) is 0 Å². The van der Waals surface area contributed by atoms with Gasteiger partial charge in [-0.3, -0.25) is 18.8 Å². The van der Waals surface area contributed by atoms with Crippen LogP contribution in [0.4, 0.5) is 14.5 Å². The van der Waals surface area contributed by atoms with Crippen LogP contribution in [-0.2, 0) is 19.6 Å². The van der Waals surface area contributed by atoms with E-state index in [1.54, 1.807) is 6.92 Å². The second kappa shape index (κ2) is 12.4. The molecule has 0 spiro atoms. The van der Waals surface area contributed by atoms with Gasteiger partial charge in [-0.15, -0.1) is 0 Å². The number of piperazine rings is 1. The first-order valence-electron chi connectivity index (χ1n) is 13.5. The first-order valence-corrected chi connectivity index (χ1v) is 13.9. The normalized spacial score (nSPS) is 14.8. The van der Waals surface area contributed by atoms with Crippen molar-refractivity contribution in [2.75, 3.05) is 31.1 Å². The number of halogens is 3. The van der Waals surface area contributed by atoms with Crippen molar-refractivity contribution in [3.8, 4) is 0 Å². The van der Waals surface area contributed by atoms with Crippen molar-refractivity contribution in [1.29, 1.82) is 0 Å². The van der Waals surface area contributed by atoms with E-state index in [1.807, 2.05) is 59.5 Å². The fourth-order valence-electron chi connectivity index (χ4n) is 5.32. The molecule has 1 aromatic heterocycles. The van der Waals surface area contributed by atoms with E-state index in [1.165, 1.54) is 10.6 Å². The zero-order valence-electron chi connectivity index (χ0n) is 22.8. The Balaban J connectivity index is 1.49. The third-order valence-electron chi connectivity index (χ3n) is 7.65. The van der Waals surface area contributed by atoms with Crippen LogP contribution in [0.25, 0.3) is 0 Å². The fraction of sp³-hybridized carbons (Fsp3) is 0.290. The second-order valence-corrected chi connectivity index (χ2v) is 10.8. The molecule has 5 rings (SSSR count). The van der Waals surface area contributed by atoms with E-state index >= 15 is 0 Å². The van der Waals surface area contributed by atoms with Crippen LogP contribution in [0.5, 0.6) is 0 Å². The van der Waals surface area contributed by atoms with Crippen molar-refractivity contribution < 1.29 is 8.78 Å². The second-order valence-electron chi connectivity index (χ2n) is 10.3. The zero-order chi connectivity index (χ0) is 29.1. The molecule has 1 unspecified atom stereocenters. The van der Waals surface area contributed by atoms with Gasteiger partial charge in [0, 0.05) is 55.0 Å². The lowest BCUT2D eigenvalue weighted by Gasteiger charge is -2.37. The monoisotopic (exact) mass is 579 g/mol. The Bertz CT molecular complexity index is 1610. The fourth-order valence-corrected chi connectivity index (χ4v) is 5.45. The van der Waals surface area contributed by atoms with Crippen molar-refractivity contribution in [2.45, 2.75) is 32.6 Å². The number of nitrogens with zero attached hydrogens (tertiary/aromatic N) is 4. The number of anilines is 1. The van der Waals surface area contributed by atoms with Gasteiger partial charge in [-0.1, -0.05) is 60.1 Å². The van der Waals surface area contributed by atoms with Gasteiger partial charge in [0.2, 0.25) is 0 Å². The molecule has 7 nitrogen and oxygen atoms in total. The minimum atomic E-state index is -0.757. The lowest BCUT2D eigenvalue weighted by molar-refractivity contribution is 0.249. The third kappa shape index (κ3) is 6.27. The van der Waals surface area contributed by atoms with Gasteiger partial charge in [-0.05, 0) is 42.3 Å². The van der Waals surface area contributed by atoms with Gasteiger partial charge < -0.3 is 10.6 Å². The predicted molar refractivity (Wildman–Crippen MR) is 157 cm³/mol. The topological polar surface area (TPSA) is 76.5 Å². The highest BCUT2D eigenvalue weighted by molar-refractivity contribution is 6.30. The number of aromatic nitrogens is 2. The highest BCUT2D eigenvalue weighted by Crippen LogP contribution is 2.21. The van der Waals surface area contributed by atoms with Crippen LogP contribution in [0.1, 0.15) is 28.4 Å². The lowest BCUT2D eigenvalue weighted by atomic mass is 10.1. The van der Waals surface area contributed by atoms with E-state index in [2.05, 4.69) is 4.90 Å². The number of nitrogens with two attached hydrogens (primary N) is 1. The summed E-state index contributed by atoms with van der Waals surface area (Å²) in [5.41, 5.74) is 7.66. The highest BCUT2D eigenvalue weighted by Gasteiger charge is 2.26. The van der Waals surface area contributed by atoms with E-state index < -0.39 is 28.9 Å². The summed E-state index contributed by atoms with van der Waals surface area (Å²) in [6.07, 6.45) is 0. The summed E-state index contributed by atoms with van der Waals surface area (Å²) >= 11 is 6.02. The Morgan fingerprint density at radius 2 is 1.46 bits per heavy atom. The molecule has 1 atom stereocenters. The van der Waals surface area contributed by atoms with Crippen LogP contribution in [0, 0.1) is 18.6 Å². The molecule has 1 fully saturated rings. The van der Waals surface area contributed by atoms with Crippen LogP contribution in [0.15, 0.2) is 82.4 Å². The standard InChI is InChI=1S/C31H32ClF2N5O2/c1-21-29(37-16-14-36(15-17-37)18-22-10-12-24(32)13-11-22)30(40)39(20-28(35)23-6-3-2-4-7-23)31(41)38(21)19-25-26(33)8-5-9-27(25)34/h2-13,28H,14-20,35H2,1H3. The molecule has 1 aliphatic rings. The lowest BCUT2D eigenvalue weighted by Crippen LogP contribution is -2.51. The number of hydrogen-bond donors (Lipinski definition) is 1. The summed E-state index contributed by atoms with van der Waals surface area (Å²) in [6.45, 7) is 4.42. The van der Waals surface area contributed by atoms with Crippen LogP contribution in [-0.4, -0.2) is 40.2 Å². The van der Waals surface area contributed by atoms with Crippen molar-refractivity contribution in [1.82, 2.24) is 14.0 Å². The van der Waals surface area contributed by atoms with Crippen molar-refractivity contribution in [3.05, 3.63) is 133 Å². The minimum Gasteiger partial charge on any atom is -0.363 e. The summed E-state index contributed by atoms with van der Waals surface area (Å²) in [6, 6.07) is 19.8. The Morgan fingerprint density at radius 1 is 0.829 bits per heavy atom. The molecule has 10 heteroatoms. The molecular weight excluding hydrogens is 548 g/mol. The predicted octanol–water partition coefficient (Wildman–Crippen LogP) is 4.32. The zero-order valence-corrected chi connectivity index (χ0v) is 23.5. The van der Waals surface area contributed by atoms with Gasteiger partial charge in [0.05, 0.1) is 13.1 Å². The maximum absolute atomic E-state index is 14.6. The third-order valence-corrected chi connectivity index (χ3v) is 7.90. The van der Waals surface area contributed by atoms with Crippen molar-refractivity contribution in [3.63, 3.8) is 0 Å². The number of rotatable bonds is 8. The molecule has 3 aromatic carbocycles. The van der Waals surface area contributed by atoms with E-state index in [9.17, 15) is 18.4 Å². The van der Waals surface area contributed by atoms with Gasteiger partial charge in [-0.2, -0.15) is 0 Å². The van der Waals surface area contributed by atoms with Crippen molar-refractivity contribution in [2.24, 2.45) is 5.73 Å². The van der Waals surface area contributed by atoms with E-state index in [0.29, 0.717) is 42.6 Å². The average Bonchev–Trinajstić information content (AvgIpc) is 2.97. The summed E-state index contributed by atoms with van der Waals surface area (Å²) in [5.74, 6) is -1.51. The molecular formula is C31H32ClF2N5O2. The van der Waals surface area contributed by atoms with Gasteiger partial charge in [0.15, 0.2) is 0 Å².